The monoisotopic (exact) mass is 405 g/mol. The molecule has 3 aromatic rings. The average molecular weight is 405 g/mol. The van der Waals surface area contributed by atoms with E-state index < -0.39 is 4.92 Å². The highest BCUT2D eigenvalue weighted by Crippen LogP contribution is 2.22. The first-order valence-corrected chi connectivity index (χ1v) is 9.84. The zero-order valence-electron chi connectivity index (χ0n) is 17.0. The third kappa shape index (κ3) is 3.76. The summed E-state index contributed by atoms with van der Waals surface area (Å²) in [6, 6.07) is 14.6. The first-order chi connectivity index (χ1) is 14.4. The molecule has 154 valence electrons. The fourth-order valence-electron chi connectivity index (χ4n) is 3.69. The molecule has 1 aliphatic heterocycles. The summed E-state index contributed by atoms with van der Waals surface area (Å²) >= 11 is 0. The van der Waals surface area contributed by atoms with Crippen molar-refractivity contribution >= 4 is 17.3 Å². The summed E-state index contributed by atoms with van der Waals surface area (Å²) in [6.07, 6.45) is 1.64. The fourth-order valence-corrected chi connectivity index (χ4v) is 3.69. The largest absolute Gasteiger partial charge is 0.368 e. The average Bonchev–Trinajstić information content (AvgIpc) is 3.15. The standard InChI is InChI=1S/C22H23N5O3/c1-16-3-5-19(6-4-16)26-17(2)21(15-23-26)22(28)25-13-11-24(12-14-25)18-7-9-20(10-8-18)27(29)30/h3-10,15H,11-14H2,1-2H3. The zero-order valence-corrected chi connectivity index (χ0v) is 17.0. The summed E-state index contributed by atoms with van der Waals surface area (Å²) in [6.45, 7) is 6.47. The summed E-state index contributed by atoms with van der Waals surface area (Å²) in [5.41, 5.74) is 4.54. The van der Waals surface area contributed by atoms with Crippen LogP contribution in [0.4, 0.5) is 11.4 Å². The number of piperazine rings is 1. The molecule has 1 aromatic heterocycles. The number of carbonyl (C=O) groups excluding carboxylic acids is 1. The lowest BCUT2D eigenvalue weighted by molar-refractivity contribution is -0.384. The minimum Gasteiger partial charge on any atom is -0.368 e. The van der Waals surface area contributed by atoms with Gasteiger partial charge < -0.3 is 9.80 Å². The Kier molecular flexibility index (Phi) is 5.22. The summed E-state index contributed by atoms with van der Waals surface area (Å²) in [4.78, 5) is 27.4. The Labute approximate surface area is 174 Å². The predicted octanol–water partition coefficient (Wildman–Crippen LogP) is 3.36. The SMILES string of the molecule is Cc1ccc(-n2ncc(C(=O)N3CCN(c4ccc([N+](=O)[O-])cc4)CC3)c2C)cc1. The van der Waals surface area contributed by atoms with Gasteiger partial charge in [0, 0.05) is 44.0 Å². The number of aryl methyl sites for hydroxylation is 1. The van der Waals surface area contributed by atoms with Gasteiger partial charge in [-0.2, -0.15) is 5.10 Å². The van der Waals surface area contributed by atoms with E-state index in [-0.39, 0.29) is 11.6 Å². The van der Waals surface area contributed by atoms with E-state index in [1.165, 1.54) is 17.7 Å². The Morgan fingerprint density at radius 1 is 0.933 bits per heavy atom. The molecule has 8 heteroatoms. The van der Waals surface area contributed by atoms with E-state index >= 15 is 0 Å². The van der Waals surface area contributed by atoms with Crippen molar-refractivity contribution in [3.05, 3.63) is 81.7 Å². The first kappa shape index (κ1) is 19.6. The van der Waals surface area contributed by atoms with Gasteiger partial charge >= 0.3 is 0 Å². The molecule has 1 saturated heterocycles. The number of hydrogen-bond donors (Lipinski definition) is 0. The molecule has 1 amide bonds. The lowest BCUT2D eigenvalue weighted by Gasteiger charge is -2.36. The Hall–Kier alpha value is -3.68. The van der Waals surface area contributed by atoms with Crippen LogP contribution in [-0.2, 0) is 0 Å². The third-order valence-corrected chi connectivity index (χ3v) is 5.51. The van der Waals surface area contributed by atoms with E-state index in [4.69, 9.17) is 0 Å². The topological polar surface area (TPSA) is 84.5 Å². The Morgan fingerprint density at radius 2 is 1.53 bits per heavy atom. The van der Waals surface area contributed by atoms with Crippen molar-refractivity contribution in [3.63, 3.8) is 0 Å². The fraction of sp³-hybridized carbons (Fsp3) is 0.273. The second kappa shape index (κ2) is 7.98. The van der Waals surface area contributed by atoms with Crippen molar-refractivity contribution in [2.24, 2.45) is 0 Å². The van der Waals surface area contributed by atoms with E-state index in [1.54, 1.807) is 23.0 Å². The molecule has 0 bridgehead atoms. The normalized spacial score (nSPS) is 14.1. The molecule has 0 atom stereocenters. The molecule has 0 radical (unpaired) electrons. The Morgan fingerprint density at radius 3 is 2.13 bits per heavy atom. The minimum absolute atomic E-state index is 0.0192. The van der Waals surface area contributed by atoms with Gasteiger partial charge in [-0.3, -0.25) is 14.9 Å². The number of carbonyl (C=O) groups is 1. The lowest BCUT2D eigenvalue weighted by atomic mass is 10.2. The van der Waals surface area contributed by atoms with Crippen molar-refractivity contribution in [2.75, 3.05) is 31.1 Å². The van der Waals surface area contributed by atoms with E-state index in [0.717, 1.165) is 17.1 Å². The van der Waals surface area contributed by atoms with Crippen LogP contribution in [0.5, 0.6) is 0 Å². The number of non-ortho nitro benzene ring substituents is 1. The van der Waals surface area contributed by atoms with Gasteiger partial charge in [0.2, 0.25) is 0 Å². The van der Waals surface area contributed by atoms with E-state index in [1.807, 2.05) is 43.0 Å². The molecular formula is C22H23N5O3. The first-order valence-electron chi connectivity index (χ1n) is 9.84. The second-order valence-electron chi connectivity index (χ2n) is 7.44. The number of nitrogens with zero attached hydrogens (tertiary/aromatic N) is 5. The predicted molar refractivity (Wildman–Crippen MR) is 114 cm³/mol. The lowest BCUT2D eigenvalue weighted by Crippen LogP contribution is -2.48. The van der Waals surface area contributed by atoms with Crippen LogP contribution in [0, 0.1) is 24.0 Å². The van der Waals surface area contributed by atoms with Crippen LogP contribution in [0.2, 0.25) is 0 Å². The maximum absolute atomic E-state index is 13.1. The molecule has 30 heavy (non-hydrogen) atoms. The minimum atomic E-state index is -0.403. The number of rotatable bonds is 4. The van der Waals surface area contributed by atoms with Crippen molar-refractivity contribution in [1.82, 2.24) is 14.7 Å². The van der Waals surface area contributed by atoms with Crippen LogP contribution < -0.4 is 4.90 Å². The maximum atomic E-state index is 13.1. The number of nitro groups is 1. The number of anilines is 1. The van der Waals surface area contributed by atoms with Crippen molar-refractivity contribution in [2.45, 2.75) is 13.8 Å². The highest BCUT2D eigenvalue weighted by molar-refractivity contribution is 5.95. The number of amides is 1. The van der Waals surface area contributed by atoms with Crippen LogP contribution in [0.3, 0.4) is 0 Å². The summed E-state index contributed by atoms with van der Waals surface area (Å²) < 4.78 is 1.79. The summed E-state index contributed by atoms with van der Waals surface area (Å²) in [5, 5.41) is 15.2. The molecule has 2 aromatic carbocycles. The van der Waals surface area contributed by atoms with Gasteiger partial charge in [-0.1, -0.05) is 17.7 Å². The molecule has 0 N–H and O–H groups in total. The molecule has 8 nitrogen and oxygen atoms in total. The van der Waals surface area contributed by atoms with E-state index in [9.17, 15) is 14.9 Å². The van der Waals surface area contributed by atoms with Crippen LogP contribution in [-0.4, -0.2) is 51.7 Å². The van der Waals surface area contributed by atoms with E-state index in [0.29, 0.717) is 31.7 Å². The van der Waals surface area contributed by atoms with Crippen molar-refractivity contribution < 1.29 is 9.72 Å². The zero-order chi connectivity index (χ0) is 21.3. The Balaban J connectivity index is 1.43. The van der Waals surface area contributed by atoms with Gasteiger partial charge in [-0.25, -0.2) is 4.68 Å². The second-order valence-corrected chi connectivity index (χ2v) is 7.44. The van der Waals surface area contributed by atoms with Gasteiger partial charge in [0.15, 0.2) is 0 Å². The van der Waals surface area contributed by atoms with Crippen LogP contribution in [0.15, 0.2) is 54.7 Å². The highest BCUT2D eigenvalue weighted by atomic mass is 16.6. The maximum Gasteiger partial charge on any atom is 0.269 e. The van der Waals surface area contributed by atoms with Crippen molar-refractivity contribution in [3.8, 4) is 5.69 Å². The molecule has 0 saturated carbocycles. The van der Waals surface area contributed by atoms with Crippen LogP contribution >= 0.6 is 0 Å². The van der Waals surface area contributed by atoms with Gasteiger partial charge in [-0.05, 0) is 38.1 Å². The van der Waals surface area contributed by atoms with Crippen LogP contribution in [0.25, 0.3) is 5.69 Å². The Bertz CT molecular complexity index is 1070. The third-order valence-electron chi connectivity index (χ3n) is 5.51. The molecule has 1 aliphatic rings. The smallest absolute Gasteiger partial charge is 0.269 e. The number of nitro benzene ring substituents is 1. The van der Waals surface area contributed by atoms with Gasteiger partial charge in [0.1, 0.15) is 0 Å². The molecule has 0 spiro atoms. The molecular weight excluding hydrogens is 382 g/mol. The summed E-state index contributed by atoms with van der Waals surface area (Å²) in [5.74, 6) is -0.0192. The molecule has 1 fully saturated rings. The van der Waals surface area contributed by atoms with Crippen LogP contribution in [0.1, 0.15) is 21.6 Å². The van der Waals surface area contributed by atoms with Gasteiger partial charge in [0.05, 0.1) is 28.1 Å². The number of hydrogen-bond acceptors (Lipinski definition) is 5. The van der Waals surface area contributed by atoms with Gasteiger partial charge in [0.25, 0.3) is 11.6 Å². The molecule has 0 unspecified atom stereocenters. The van der Waals surface area contributed by atoms with Gasteiger partial charge in [-0.15, -0.1) is 0 Å². The number of aromatic nitrogens is 2. The highest BCUT2D eigenvalue weighted by Gasteiger charge is 2.25. The summed E-state index contributed by atoms with van der Waals surface area (Å²) in [7, 11) is 0. The quantitative estimate of drug-likeness (QED) is 0.491. The van der Waals surface area contributed by atoms with E-state index in [2.05, 4.69) is 10.00 Å². The molecule has 0 aliphatic carbocycles. The number of benzene rings is 2. The van der Waals surface area contributed by atoms with Crippen molar-refractivity contribution in [1.29, 1.82) is 0 Å². The molecule has 4 rings (SSSR count). The molecule has 2 heterocycles.